The van der Waals surface area contributed by atoms with E-state index in [1.54, 1.807) is 22.8 Å². The third-order valence-electron chi connectivity index (χ3n) is 3.69. The van der Waals surface area contributed by atoms with E-state index in [1.165, 1.54) is 0 Å². The van der Waals surface area contributed by atoms with Crippen LogP contribution in [-0.2, 0) is 16.6 Å². The van der Waals surface area contributed by atoms with Crippen molar-refractivity contribution in [3.05, 3.63) is 11.4 Å². The van der Waals surface area contributed by atoms with E-state index >= 15 is 0 Å². The number of aromatic nitrogens is 2. The summed E-state index contributed by atoms with van der Waals surface area (Å²) in [4.78, 5) is 0.309. The molecule has 6 nitrogen and oxygen atoms in total. The van der Waals surface area contributed by atoms with Gasteiger partial charge in [0.15, 0.2) is 0 Å². The van der Waals surface area contributed by atoms with Gasteiger partial charge in [-0.05, 0) is 32.6 Å². The SMILES string of the molecule is Cc1nn(CCO)c(C)c1S(=O)(=O)N(CC(C)C)C1CC1. The van der Waals surface area contributed by atoms with E-state index in [0.29, 0.717) is 29.4 Å². The molecule has 0 aliphatic heterocycles. The number of sulfonamides is 1. The van der Waals surface area contributed by atoms with Crippen molar-refractivity contribution in [2.75, 3.05) is 13.2 Å². The molecule has 1 heterocycles. The van der Waals surface area contributed by atoms with Crippen LogP contribution < -0.4 is 0 Å². The highest BCUT2D eigenvalue weighted by Gasteiger charge is 2.40. The Bertz CT molecular complexity index is 603. The third-order valence-corrected chi connectivity index (χ3v) is 5.86. The van der Waals surface area contributed by atoms with E-state index in [-0.39, 0.29) is 18.6 Å². The Kier molecular flexibility index (Phi) is 4.75. The Morgan fingerprint density at radius 3 is 2.48 bits per heavy atom. The first-order valence-electron chi connectivity index (χ1n) is 7.45. The molecule has 120 valence electrons. The second kappa shape index (κ2) is 6.06. The highest BCUT2D eigenvalue weighted by atomic mass is 32.2. The first kappa shape index (κ1) is 16.5. The molecule has 1 aromatic heterocycles. The molecule has 0 spiro atoms. The van der Waals surface area contributed by atoms with Gasteiger partial charge in [-0.3, -0.25) is 4.68 Å². The van der Waals surface area contributed by atoms with Crippen molar-refractivity contribution < 1.29 is 13.5 Å². The van der Waals surface area contributed by atoms with Crippen LogP contribution in [-0.4, -0.2) is 46.8 Å². The van der Waals surface area contributed by atoms with Crippen LogP contribution in [0.3, 0.4) is 0 Å². The normalized spacial score (nSPS) is 16.1. The fourth-order valence-corrected chi connectivity index (χ4v) is 4.87. The van der Waals surface area contributed by atoms with Gasteiger partial charge in [0, 0.05) is 12.6 Å². The maximum Gasteiger partial charge on any atom is 0.247 e. The summed E-state index contributed by atoms with van der Waals surface area (Å²) in [7, 11) is -3.52. The van der Waals surface area contributed by atoms with Crippen LogP contribution in [0.5, 0.6) is 0 Å². The number of aliphatic hydroxyl groups is 1. The van der Waals surface area contributed by atoms with E-state index in [9.17, 15) is 8.42 Å². The van der Waals surface area contributed by atoms with Gasteiger partial charge in [0.05, 0.1) is 24.5 Å². The van der Waals surface area contributed by atoms with Gasteiger partial charge < -0.3 is 5.11 Å². The molecule has 0 radical (unpaired) electrons. The fourth-order valence-electron chi connectivity index (χ4n) is 2.65. The minimum atomic E-state index is -3.52. The number of nitrogens with zero attached hydrogens (tertiary/aromatic N) is 3. The van der Waals surface area contributed by atoms with Crippen LogP contribution in [0.1, 0.15) is 38.1 Å². The summed E-state index contributed by atoms with van der Waals surface area (Å²) in [5, 5.41) is 13.3. The summed E-state index contributed by atoms with van der Waals surface area (Å²) >= 11 is 0. The Hall–Kier alpha value is -0.920. The number of hydrogen-bond acceptors (Lipinski definition) is 4. The number of rotatable bonds is 7. The molecule has 1 aliphatic rings. The Labute approximate surface area is 126 Å². The largest absolute Gasteiger partial charge is 0.394 e. The summed E-state index contributed by atoms with van der Waals surface area (Å²) in [6, 6.07) is 0.136. The predicted octanol–water partition coefficient (Wildman–Crippen LogP) is 1.30. The molecule has 0 bridgehead atoms. The van der Waals surface area contributed by atoms with E-state index in [2.05, 4.69) is 5.10 Å². The zero-order valence-electron chi connectivity index (χ0n) is 13.2. The topological polar surface area (TPSA) is 75.4 Å². The minimum absolute atomic E-state index is 0.0558. The third kappa shape index (κ3) is 3.30. The molecule has 0 atom stereocenters. The molecule has 2 rings (SSSR count). The molecule has 0 unspecified atom stereocenters. The second-order valence-corrected chi connectivity index (χ2v) is 7.97. The van der Waals surface area contributed by atoms with E-state index in [1.807, 2.05) is 13.8 Å². The Morgan fingerprint density at radius 2 is 2.00 bits per heavy atom. The monoisotopic (exact) mass is 315 g/mol. The number of aryl methyl sites for hydroxylation is 1. The highest BCUT2D eigenvalue weighted by Crippen LogP contribution is 2.34. The summed E-state index contributed by atoms with van der Waals surface area (Å²) in [6.45, 7) is 8.32. The van der Waals surface area contributed by atoms with E-state index < -0.39 is 10.0 Å². The zero-order chi connectivity index (χ0) is 15.8. The molecule has 0 amide bonds. The molecule has 1 aromatic rings. The standard InChI is InChI=1S/C14H25N3O3S/c1-10(2)9-17(13-5-6-13)21(19,20)14-11(3)15-16(7-8-18)12(14)4/h10,13,18H,5-9H2,1-4H3. The number of hydrogen-bond donors (Lipinski definition) is 1. The molecular weight excluding hydrogens is 290 g/mol. The minimum Gasteiger partial charge on any atom is -0.394 e. The van der Waals surface area contributed by atoms with Crippen LogP contribution in [0.2, 0.25) is 0 Å². The van der Waals surface area contributed by atoms with Crippen molar-refractivity contribution in [3.63, 3.8) is 0 Å². The van der Waals surface area contributed by atoms with Gasteiger partial charge in [-0.1, -0.05) is 13.8 Å². The average Bonchev–Trinajstić information content (AvgIpc) is 3.14. The van der Waals surface area contributed by atoms with Crippen molar-refractivity contribution in [2.24, 2.45) is 5.92 Å². The number of aliphatic hydroxyl groups excluding tert-OH is 1. The molecule has 0 aromatic carbocycles. The van der Waals surface area contributed by atoms with Crippen LogP contribution >= 0.6 is 0 Å². The lowest BCUT2D eigenvalue weighted by molar-refractivity contribution is 0.267. The molecule has 1 N–H and O–H groups in total. The van der Waals surface area contributed by atoms with Gasteiger partial charge in [-0.25, -0.2) is 8.42 Å². The lowest BCUT2D eigenvalue weighted by atomic mass is 10.2. The highest BCUT2D eigenvalue weighted by molar-refractivity contribution is 7.89. The van der Waals surface area contributed by atoms with Crippen molar-refractivity contribution in [2.45, 2.75) is 58.0 Å². The maximum atomic E-state index is 13.0. The quantitative estimate of drug-likeness (QED) is 0.823. The lowest BCUT2D eigenvalue weighted by Crippen LogP contribution is -2.36. The van der Waals surface area contributed by atoms with Crippen molar-refractivity contribution in [3.8, 4) is 0 Å². The van der Waals surface area contributed by atoms with Crippen molar-refractivity contribution in [1.82, 2.24) is 14.1 Å². The van der Waals surface area contributed by atoms with Crippen LogP contribution in [0.25, 0.3) is 0 Å². The summed E-state index contributed by atoms with van der Waals surface area (Å²) in [5.41, 5.74) is 1.12. The van der Waals surface area contributed by atoms with Gasteiger partial charge in [-0.15, -0.1) is 0 Å². The van der Waals surface area contributed by atoms with E-state index in [4.69, 9.17) is 5.11 Å². The van der Waals surface area contributed by atoms with Gasteiger partial charge in [-0.2, -0.15) is 9.40 Å². The fraction of sp³-hybridized carbons (Fsp3) is 0.786. The van der Waals surface area contributed by atoms with Crippen LogP contribution in [0.4, 0.5) is 0 Å². The van der Waals surface area contributed by atoms with Gasteiger partial charge in [0.2, 0.25) is 10.0 Å². The lowest BCUT2D eigenvalue weighted by Gasteiger charge is -2.24. The van der Waals surface area contributed by atoms with Crippen molar-refractivity contribution in [1.29, 1.82) is 0 Å². The first-order valence-corrected chi connectivity index (χ1v) is 8.89. The first-order chi connectivity index (χ1) is 9.78. The summed E-state index contributed by atoms with van der Waals surface area (Å²) in [5.74, 6) is 0.286. The zero-order valence-corrected chi connectivity index (χ0v) is 14.0. The predicted molar refractivity (Wildman–Crippen MR) is 80.5 cm³/mol. The Balaban J connectivity index is 2.42. The molecule has 1 fully saturated rings. The summed E-state index contributed by atoms with van der Waals surface area (Å²) in [6.07, 6.45) is 1.88. The van der Waals surface area contributed by atoms with Gasteiger partial charge >= 0.3 is 0 Å². The van der Waals surface area contributed by atoms with Gasteiger partial charge in [0.1, 0.15) is 4.90 Å². The summed E-state index contributed by atoms with van der Waals surface area (Å²) < 4.78 is 29.2. The molecule has 0 saturated heterocycles. The average molecular weight is 315 g/mol. The Morgan fingerprint density at radius 1 is 1.38 bits per heavy atom. The smallest absolute Gasteiger partial charge is 0.247 e. The van der Waals surface area contributed by atoms with E-state index in [0.717, 1.165) is 12.8 Å². The van der Waals surface area contributed by atoms with Crippen LogP contribution in [0, 0.1) is 19.8 Å². The van der Waals surface area contributed by atoms with Crippen LogP contribution in [0.15, 0.2) is 4.90 Å². The van der Waals surface area contributed by atoms with Crippen molar-refractivity contribution >= 4 is 10.0 Å². The molecular formula is C14H25N3O3S. The maximum absolute atomic E-state index is 13.0. The molecule has 21 heavy (non-hydrogen) atoms. The molecule has 1 aliphatic carbocycles. The molecule has 1 saturated carbocycles. The molecule has 7 heteroatoms. The van der Waals surface area contributed by atoms with Gasteiger partial charge in [0.25, 0.3) is 0 Å². The second-order valence-electron chi connectivity index (χ2n) is 6.15.